The highest BCUT2D eigenvalue weighted by molar-refractivity contribution is 7.05. The Hall–Kier alpha value is -8.64. The Morgan fingerprint density at radius 1 is 0.333 bits per heavy atom. The molecule has 2 aromatic heterocycles. The van der Waals surface area contributed by atoms with Crippen LogP contribution in [0.4, 0.5) is 34.1 Å². The molecular formula is C64H44N2O2Si. The van der Waals surface area contributed by atoms with Gasteiger partial charge in [-0.25, -0.2) is 0 Å². The minimum Gasteiger partial charge on any atom is -0.456 e. The lowest BCUT2D eigenvalue weighted by Gasteiger charge is -2.29. The first-order chi connectivity index (χ1) is 34.0. The molecule has 1 aliphatic rings. The first kappa shape index (κ1) is 39.5. The molecule has 0 unspecified atom stereocenters. The summed E-state index contributed by atoms with van der Waals surface area (Å²) in [6.07, 6.45) is 0. The summed E-state index contributed by atoms with van der Waals surface area (Å²) in [6.45, 7) is 5.07. The number of anilines is 6. The summed E-state index contributed by atoms with van der Waals surface area (Å²) in [5, 5.41) is 12.2. The van der Waals surface area contributed by atoms with Crippen molar-refractivity contribution in [2.45, 2.75) is 13.1 Å². The maximum Gasteiger partial charge on any atom is 0.159 e. The largest absolute Gasteiger partial charge is 0.456 e. The maximum absolute atomic E-state index is 6.76. The van der Waals surface area contributed by atoms with Gasteiger partial charge in [-0.15, -0.1) is 0 Å². The van der Waals surface area contributed by atoms with Gasteiger partial charge in [-0.05, 0) is 116 Å². The second-order valence-corrected chi connectivity index (χ2v) is 23.1. The molecule has 69 heavy (non-hydrogen) atoms. The predicted octanol–water partition coefficient (Wildman–Crippen LogP) is 17.2. The zero-order valence-electron chi connectivity index (χ0n) is 38.2. The van der Waals surface area contributed by atoms with Crippen molar-refractivity contribution >= 4 is 118 Å². The third-order valence-corrected chi connectivity index (χ3v) is 18.1. The van der Waals surface area contributed by atoms with Gasteiger partial charge in [-0.2, -0.15) is 0 Å². The van der Waals surface area contributed by atoms with Crippen LogP contribution in [0.5, 0.6) is 0 Å². The number of furan rings is 2. The molecule has 5 heteroatoms. The van der Waals surface area contributed by atoms with E-state index >= 15 is 0 Å². The zero-order chi connectivity index (χ0) is 45.8. The number of benzene rings is 11. The molecule has 0 fully saturated rings. The average Bonchev–Trinajstić information content (AvgIpc) is 4.04. The second-order valence-electron chi connectivity index (χ2n) is 18.8. The molecule has 0 bridgehead atoms. The lowest BCUT2D eigenvalue weighted by atomic mass is 9.97. The Bertz CT molecular complexity index is 4190. The summed E-state index contributed by atoms with van der Waals surface area (Å²) >= 11 is 0. The van der Waals surface area contributed by atoms with Crippen LogP contribution in [0.2, 0.25) is 13.1 Å². The molecule has 0 aliphatic carbocycles. The fraction of sp³-hybridized carbons (Fsp3) is 0.0312. The highest BCUT2D eigenvalue weighted by Gasteiger charge is 2.41. The molecule has 1 aliphatic heterocycles. The van der Waals surface area contributed by atoms with Gasteiger partial charge in [0, 0.05) is 55.4 Å². The van der Waals surface area contributed by atoms with Crippen molar-refractivity contribution in [3.05, 3.63) is 231 Å². The van der Waals surface area contributed by atoms with Crippen LogP contribution in [-0.2, 0) is 0 Å². The van der Waals surface area contributed by atoms with Gasteiger partial charge in [0.1, 0.15) is 24.8 Å². The molecule has 0 N–H and O–H groups in total. The molecule has 14 rings (SSSR count). The van der Waals surface area contributed by atoms with E-state index in [1.165, 1.54) is 54.2 Å². The topological polar surface area (TPSA) is 32.8 Å². The molecular weight excluding hydrogens is 857 g/mol. The van der Waals surface area contributed by atoms with Crippen molar-refractivity contribution in [1.82, 2.24) is 0 Å². The Morgan fingerprint density at radius 3 is 1.72 bits per heavy atom. The fourth-order valence-corrected chi connectivity index (χ4v) is 14.9. The summed E-state index contributed by atoms with van der Waals surface area (Å²) < 4.78 is 13.4. The Labute approximate surface area is 400 Å². The fourth-order valence-electron chi connectivity index (χ4n) is 11.4. The molecule has 0 saturated carbocycles. The summed E-state index contributed by atoms with van der Waals surface area (Å²) in [5.74, 6) is 0. The van der Waals surface area contributed by atoms with E-state index in [9.17, 15) is 0 Å². The normalized spacial score (nSPS) is 12.9. The quantitative estimate of drug-likeness (QED) is 0.149. The predicted molar refractivity (Wildman–Crippen MR) is 293 cm³/mol. The van der Waals surface area contributed by atoms with E-state index in [1.54, 1.807) is 0 Å². The molecule has 13 aromatic rings. The van der Waals surface area contributed by atoms with E-state index in [2.05, 4.69) is 241 Å². The van der Waals surface area contributed by atoms with Crippen LogP contribution >= 0.6 is 0 Å². The van der Waals surface area contributed by atoms with E-state index in [-0.39, 0.29) is 0 Å². The smallest absolute Gasteiger partial charge is 0.159 e. The van der Waals surface area contributed by atoms with Crippen molar-refractivity contribution < 1.29 is 8.83 Å². The van der Waals surface area contributed by atoms with Crippen LogP contribution in [0.15, 0.2) is 239 Å². The number of nitrogens with zero attached hydrogens (tertiary/aromatic N) is 2. The Morgan fingerprint density at radius 2 is 0.928 bits per heavy atom. The van der Waals surface area contributed by atoms with Crippen molar-refractivity contribution in [3.8, 4) is 22.3 Å². The summed E-state index contributed by atoms with van der Waals surface area (Å²) in [5.41, 5.74) is 14.9. The molecule has 11 aromatic carbocycles. The van der Waals surface area contributed by atoms with Crippen LogP contribution in [0.1, 0.15) is 0 Å². The van der Waals surface area contributed by atoms with Crippen LogP contribution in [-0.4, -0.2) is 8.07 Å². The molecule has 0 atom stereocenters. The monoisotopic (exact) mass is 900 g/mol. The van der Waals surface area contributed by atoms with Gasteiger partial charge in [-0.3, -0.25) is 0 Å². The standard InChI is InChI=1S/C64H44N2O2Si/c1-69(2)62-39-46(65(45-32-34-51-49-25-13-15-30-59(49)67-61(51)38-45)57-37-43(41-18-5-3-6-19-41)36-42-20-9-10-23-47(42)57)33-35-52(62)55-40-58(48-24-11-12-27-54(48)64(55)69)66(44-21-7-4-8-22-44)56-29-17-28-53-50-26-14-16-31-60(50)68-63(53)56/h3-40H,1-2H3. The van der Waals surface area contributed by atoms with Gasteiger partial charge in [-0.1, -0.05) is 165 Å². The lowest BCUT2D eigenvalue weighted by Crippen LogP contribution is -2.49. The van der Waals surface area contributed by atoms with Crippen LogP contribution < -0.4 is 20.2 Å². The molecule has 0 saturated heterocycles. The van der Waals surface area contributed by atoms with Gasteiger partial charge >= 0.3 is 0 Å². The first-order valence-corrected chi connectivity index (χ1v) is 26.7. The SMILES string of the molecule is C[Si]1(C)c2cc(N(c3ccc4c(c3)oc3ccccc34)c3cc(-c4ccccc4)cc4ccccc34)ccc2-c2cc(N(c3ccccc3)c3cccc4c3oc3ccccc34)c3ccccc3c21. The van der Waals surface area contributed by atoms with Gasteiger partial charge in [0.25, 0.3) is 0 Å². The maximum atomic E-state index is 6.76. The molecule has 0 spiro atoms. The molecule has 326 valence electrons. The van der Waals surface area contributed by atoms with Gasteiger partial charge in [0.05, 0.1) is 17.1 Å². The summed E-state index contributed by atoms with van der Waals surface area (Å²) in [4.78, 5) is 4.87. The van der Waals surface area contributed by atoms with E-state index in [1.807, 2.05) is 12.1 Å². The number of fused-ring (bicyclic) bond motifs is 12. The molecule has 3 heterocycles. The Balaban J connectivity index is 1.00. The highest BCUT2D eigenvalue weighted by atomic mass is 28.3. The number of rotatable bonds is 7. The highest BCUT2D eigenvalue weighted by Crippen LogP contribution is 2.48. The van der Waals surface area contributed by atoms with Crippen LogP contribution in [0.3, 0.4) is 0 Å². The van der Waals surface area contributed by atoms with E-state index in [0.717, 1.165) is 78.0 Å². The zero-order valence-corrected chi connectivity index (χ0v) is 39.2. The van der Waals surface area contributed by atoms with Crippen molar-refractivity contribution in [2.75, 3.05) is 9.80 Å². The van der Waals surface area contributed by atoms with Gasteiger partial charge < -0.3 is 18.6 Å². The number of hydrogen-bond acceptors (Lipinski definition) is 4. The van der Waals surface area contributed by atoms with Gasteiger partial charge in [0.15, 0.2) is 5.58 Å². The Kier molecular flexibility index (Phi) is 8.70. The van der Waals surface area contributed by atoms with Crippen molar-refractivity contribution in [3.63, 3.8) is 0 Å². The van der Waals surface area contributed by atoms with Crippen molar-refractivity contribution in [1.29, 1.82) is 0 Å². The minimum absolute atomic E-state index is 0.866. The molecule has 4 nitrogen and oxygen atoms in total. The number of hydrogen-bond donors (Lipinski definition) is 0. The van der Waals surface area contributed by atoms with Crippen LogP contribution in [0, 0.1) is 0 Å². The molecule has 0 radical (unpaired) electrons. The third-order valence-electron chi connectivity index (χ3n) is 14.6. The average molecular weight is 901 g/mol. The summed E-state index contributed by atoms with van der Waals surface area (Å²) in [6, 6.07) is 83.6. The third kappa shape index (κ3) is 6.07. The lowest BCUT2D eigenvalue weighted by molar-refractivity contribution is 0.668. The van der Waals surface area contributed by atoms with E-state index in [4.69, 9.17) is 8.83 Å². The van der Waals surface area contributed by atoms with E-state index in [0.29, 0.717) is 0 Å². The number of para-hydroxylation sites is 4. The first-order valence-electron chi connectivity index (χ1n) is 23.7. The minimum atomic E-state index is -2.37. The van der Waals surface area contributed by atoms with Gasteiger partial charge in [0.2, 0.25) is 0 Å². The molecule has 0 amide bonds. The second kappa shape index (κ2) is 15.2. The summed E-state index contributed by atoms with van der Waals surface area (Å²) in [7, 11) is -2.37. The van der Waals surface area contributed by atoms with Crippen LogP contribution in [0.25, 0.3) is 87.7 Å². The van der Waals surface area contributed by atoms with Crippen molar-refractivity contribution in [2.24, 2.45) is 0 Å². The van der Waals surface area contributed by atoms with E-state index < -0.39 is 8.07 Å².